The molecule has 0 spiro atoms. The Hall–Kier alpha value is -0.170. The van der Waals surface area contributed by atoms with E-state index in [0.29, 0.717) is 0 Å². The van der Waals surface area contributed by atoms with E-state index in [9.17, 15) is 8.42 Å². The standard InChI is InChI=1S/C2H6NO4S/c3-1-2-7-8(4,5)6/h3H,1-2H2,(H,4,5,6). The first-order valence-electron chi connectivity index (χ1n) is 1.82. The van der Waals surface area contributed by atoms with Crippen molar-refractivity contribution in [2.24, 2.45) is 0 Å². The summed E-state index contributed by atoms with van der Waals surface area (Å²) in [5, 5.41) is 0. The maximum absolute atomic E-state index is 9.64. The van der Waals surface area contributed by atoms with Gasteiger partial charge in [-0.1, -0.05) is 0 Å². The van der Waals surface area contributed by atoms with Gasteiger partial charge in [-0.15, -0.1) is 0 Å². The molecule has 0 saturated carbocycles. The number of hydrogen-bond acceptors (Lipinski definition) is 3. The molecule has 0 saturated heterocycles. The molecule has 0 aromatic carbocycles. The van der Waals surface area contributed by atoms with Crippen LogP contribution in [0.25, 0.3) is 0 Å². The molecule has 2 N–H and O–H groups in total. The highest BCUT2D eigenvalue weighted by molar-refractivity contribution is 7.80. The molecule has 0 atom stereocenters. The van der Waals surface area contributed by atoms with E-state index >= 15 is 0 Å². The molecule has 0 aliphatic rings. The van der Waals surface area contributed by atoms with Crippen molar-refractivity contribution in [3.8, 4) is 0 Å². The molecule has 0 bridgehead atoms. The largest absolute Gasteiger partial charge is 0.397 e. The van der Waals surface area contributed by atoms with Gasteiger partial charge in [0, 0.05) is 6.54 Å². The molecule has 0 aliphatic heterocycles. The van der Waals surface area contributed by atoms with Gasteiger partial charge in [-0.3, -0.25) is 10.3 Å². The van der Waals surface area contributed by atoms with Gasteiger partial charge in [-0.05, 0) is 0 Å². The van der Waals surface area contributed by atoms with Gasteiger partial charge in [0.25, 0.3) is 0 Å². The Labute approximate surface area is 47.4 Å². The van der Waals surface area contributed by atoms with Crippen molar-refractivity contribution in [3.05, 3.63) is 0 Å². The van der Waals surface area contributed by atoms with Crippen LogP contribution in [-0.4, -0.2) is 26.1 Å². The Bertz CT molecular complexity index is 138. The van der Waals surface area contributed by atoms with Crippen molar-refractivity contribution in [3.63, 3.8) is 0 Å². The first-order valence-corrected chi connectivity index (χ1v) is 3.19. The molecular formula is C2H6NO4S. The topological polar surface area (TPSA) is 87.4 Å². The minimum Gasteiger partial charge on any atom is -0.264 e. The molecule has 0 aromatic heterocycles. The predicted octanol–water partition coefficient (Wildman–Crippen LogP) is -0.911. The highest BCUT2D eigenvalue weighted by Gasteiger charge is 2.00. The summed E-state index contributed by atoms with van der Waals surface area (Å²) in [6, 6.07) is 0. The van der Waals surface area contributed by atoms with Crippen LogP contribution in [0, 0.1) is 0 Å². The Kier molecular flexibility index (Phi) is 2.91. The van der Waals surface area contributed by atoms with E-state index in [0.717, 1.165) is 0 Å². The molecule has 5 nitrogen and oxygen atoms in total. The molecule has 0 aliphatic carbocycles. The van der Waals surface area contributed by atoms with E-state index in [1.807, 2.05) is 0 Å². The van der Waals surface area contributed by atoms with Gasteiger partial charge in [0.2, 0.25) is 0 Å². The summed E-state index contributed by atoms with van der Waals surface area (Å²) < 4.78 is 30.8. The number of hydrogen-bond donors (Lipinski definition) is 1. The lowest BCUT2D eigenvalue weighted by molar-refractivity contribution is 0.275. The van der Waals surface area contributed by atoms with Crippen LogP contribution >= 0.6 is 0 Å². The van der Waals surface area contributed by atoms with E-state index < -0.39 is 10.4 Å². The molecule has 0 fully saturated rings. The molecule has 0 amide bonds. The third kappa shape index (κ3) is 5.83. The van der Waals surface area contributed by atoms with Crippen molar-refractivity contribution in [2.75, 3.05) is 13.2 Å². The summed E-state index contributed by atoms with van der Waals surface area (Å²) in [6.45, 7) is -0.474. The minimum atomic E-state index is -4.31. The van der Waals surface area contributed by atoms with Crippen LogP contribution in [-0.2, 0) is 14.6 Å². The van der Waals surface area contributed by atoms with Crippen LogP contribution in [0.2, 0.25) is 0 Å². The van der Waals surface area contributed by atoms with Crippen LogP contribution < -0.4 is 5.73 Å². The molecule has 0 aromatic rings. The van der Waals surface area contributed by atoms with Crippen LogP contribution in [0.5, 0.6) is 0 Å². The van der Waals surface area contributed by atoms with Crippen molar-refractivity contribution >= 4 is 10.4 Å². The lowest BCUT2D eigenvalue weighted by Gasteiger charge is -1.92. The Balaban J connectivity index is 3.42. The van der Waals surface area contributed by atoms with E-state index in [2.05, 4.69) is 4.18 Å². The van der Waals surface area contributed by atoms with Crippen molar-refractivity contribution in [1.29, 1.82) is 0 Å². The van der Waals surface area contributed by atoms with Gasteiger partial charge in [0.05, 0.1) is 6.61 Å². The van der Waals surface area contributed by atoms with E-state index in [-0.39, 0.29) is 13.2 Å². The summed E-state index contributed by atoms with van der Waals surface area (Å²) in [5.74, 6) is 0. The lowest BCUT2D eigenvalue weighted by Crippen LogP contribution is -2.07. The molecule has 8 heavy (non-hydrogen) atoms. The normalized spacial score (nSPS) is 11.8. The monoisotopic (exact) mass is 140 g/mol. The Morgan fingerprint density at radius 1 is 1.62 bits per heavy atom. The minimum absolute atomic E-state index is 0.181. The molecule has 1 radical (unpaired) electrons. The van der Waals surface area contributed by atoms with Crippen LogP contribution in [0.3, 0.4) is 0 Å². The third-order valence-electron chi connectivity index (χ3n) is 0.334. The second-order valence-electron chi connectivity index (χ2n) is 1.000. The van der Waals surface area contributed by atoms with Gasteiger partial charge < -0.3 is 0 Å². The fourth-order valence-electron chi connectivity index (χ4n) is 0.147. The van der Waals surface area contributed by atoms with Crippen molar-refractivity contribution in [2.45, 2.75) is 0 Å². The zero-order valence-corrected chi connectivity index (χ0v) is 4.81. The maximum atomic E-state index is 9.64. The van der Waals surface area contributed by atoms with Gasteiger partial charge in [-0.2, -0.15) is 8.42 Å². The Morgan fingerprint density at radius 2 is 2.12 bits per heavy atom. The highest BCUT2D eigenvalue weighted by Crippen LogP contribution is 1.81. The highest BCUT2D eigenvalue weighted by atomic mass is 32.3. The second kappa shape index (κ2) is 2.98. The number of nitrogens with one attached hydrogen (secondary N) is 1. The summed E-state index contributed by atoms with van der Waals surface area (Å²) >= 11 is 0. The molecular weight excluding hydrogens is 134 g/mol. The van der Waals surface area contributed by atoms with Gasteiger partial charge in [0.15, 0.2) is 0 Å². The van der Waals surface area contributed by atoms with Gasteiger partial charge >= 0.3 is 10.4 Å². The Morgan fingerprint density at radius 3 is 2.25 bits per heavy atom. The fraction of sp³-hybridized carbons (Fsp3) is 1.00. The zero-order chi connectivity index (χ0) is 6.62. The van der Waals surface area contributed by atoms with Crippen LogP contribution in [0.15, 0.2) is 0 Å². The summed E-state index contributed by atoms with van der Waals surface area (Å²) in [7, 11) is -4.31. The van der Waals surface area contributed by atoms with Crippen LogP contribution in [0.4, 0.5) is 0 Å². The first-order chi connectivity index (χ1) is 3.56. The predicted molar refractivity (Wildman–Crippen MR) is 25.5 cm³/mol. The number of rotatable bonds is 3. The quantitative estimate of drug-likeness (QED) is 0.514. The summed E-state index contributed by atoms with van der Waals surface area (Å²) in [5.41, 5.74) is 6.38. The molecule has 0 rings (SSSR count). The maximum Gasteiger partial charge on any atom is 0.397 e. The average molecular weight is 140 g/mol. The van der Waals surface area contributed by atoms with E-state index in [4.69, 9.17) is 10.3 Å². The average Bonchev–Trinajstić information content (AvgIpc) is 1.59. The summed E-state index contributed by atoms with van der Waals surface area (Å²) in [6.07, 6.45) is 0. The third-order valence-corrected chi connectivity index (χ3v) is 0.799. The van der Waals surface area contributed by atoms with E-state index in [1.165, 1.54) is 0 Å². The van der Waals surface area contributed by atoms with E-state index in [1.54, 1.807) is 0 Å². The van der Waals surface area contributed by atoms with Crippen molar-refractivity contribution in [1.82, 2.24) is 5.73 Å². The second-order valence-corrected chi connectivity index (χ2v) is 2.09. The molecule has 49 valence electrons. The zero-order valence-electron chi connectivity index (χ0n) is 3.99. The first kappa shape index (κ1) is 7.83. The molecule has 0 heterocycles. The smallest absolute Gasteiger partial charge is 0.264 e. The van der Waals surface area contributed by atoms with Crippen molar-refractivity contribution < 1.29 is 17.2 Å². The van der Waals surface area contributed by atoms with Gasteiger partial charge in [0.1, 0.15) is 0 Å². The van der Waals surface area contributed by atoms with Crippen LogP contribution in [0.1, 0.15) is 0 Å². The summed E-state index contributed by atoms with van der Waals surface area (Å²) in [4.78, 5) is 0. The van der Waals surface area contributed by atoms with Gasteiger partial charge in [-0.25, -0.2) is 4.18 Å². The molecule has 6 heteroatoms. The molecule has 0 unspecified atom stereocenters. The SMILES string of the molecule is [NH]CCOS(=O)(=O)O. The fourth-order valence-corrected chi connectivity index (χ4v) is 0.441. The lowest BCUT2D eigenvalue weighted by atomic mass is 10.8.